The molecule has 0 aromatic heterocycles. The number of nitrogens with zero attached hydrogens (tertiary/aromatic N) is 1. The maximum Gasteiger partial charge on any atom is 0.144 e. The first-order valence-electron chi connectivity index (χ1n) is 11.7. The van der Waals surface area contributed by atoms with Gasteiger partial charge in [0.1, 0.15) is 23.3 Å². The molecule has 0 spiro atoms. The van der Waals surface area contributed by atoms with E-state index in [0.717, 1.165) is 37.5 Å². The summed E-state index contributed by atoms with van der Waals surface area (Å²) < 4.78 is 27.8. The van der Waals surface area contributed by atoms with Crippen LogP contribution in [0, 0.1) is 40.7 Å². The fraction of sp³-hybridized carbons (Fsp3) is 0.654. The van der Waals surface area contributed by atoms with Crippen LogP contribution >= 0.6 is 0 Å². The van der Waals surface area contributed by atoms with Gasteiger partial charge in [0.25, 0.3) is 0 Å². The van der Waals surface area contributed by atoms with E-state index in [0.29, 0.717) is 11.5 Å². The lowest BCUT2D eigenvalue weighted by atomic mass is 9.76. The van der Waals surface area contributed by atoms with Crippen LogP contribution in [0.2, 0.25) is 0 Å². The van der Waals surface area contributed by atoms with E-state index < -0.39 is 17.2 Å². The van der Waals surface area contributed by atoms with Crippen molar-refractivity contribution in [2.75, 3.05) is 0 Å². The van der Waals surface area contributed by atoms with Gasteiger partial charge in [-0.2, -0.15) is 5.26 Å². The quantitative estimate of drug-likeness (QED) is 0.336. The summed E-state index contributed by atoms with van der Waals surface area (Å²) in [4.78, 5) is 0. The Balaban J connectivity index is 1.43. The Morgan fingerprint density at radius 1 is 0.897 bits per heavy atom. The van der Waals surface area contributed by atoms with E-state index in [1.807, 2.05) is 0 Å². The minimum Gasteiger partial charge on any atom is -0.205 e. The minimum absolute atomic E-state index is 0.204. The molecule has 1 aromatic rings. The molecule has 0 radical (unpaired) electrons. The molecule has 158 valence electrons. The Labute approximate surface area is 175 Å². The zero-order valence-electron chi connectivity index (χ0n) is 17.8. The van der Waals surface area contributed by atoms with Crippen molar-refractivity contribution in [2.45, 2.75) is 89.9 Å². The van der Waals surface area contributed by atoms with Crippen LogP contribution in [0.1, 0.15) is 101 Å². The van der Waals surface area contributed by atoms with E-state index in [1.165, 1.54) is 63.5 Å². The van der Waals surface area contributed by atoms with E-state index in [2.05, 4.69) is 19.1 Å². The number of halogens is 2. The highest BCUT2D eigenvalue weighted by Crippen LogP contribution is 2.38. The Hall–Kier alpha value is -1.69. The summed E-state index contributed by atoms with van der Waals surface area (Å²) in [6, 6.07) is 4.33. The lowest BCUT2D eigenvalue weighted by molar-refractivity contribution is 0.288. The summed E-state index contributed by atoms with van der Waals surface area (Å²) in [6.45, 7) is 2.27. The number of allylic oxidation sites excluding steroid dienone is 2. The molecule has 3 rings (SSSR count). The van der Waals surface area contributed by atoms with Crippen LogP contribution in [0.5, 0.6) is 0 Å². The highest BCUT2D eigenvalue weighted by Gasteiger charge is 2.24. The van der Waals surface area contributed by atoms with Gasteiger partial charge >= 0.3 is 0 Å². The third-order valence-corrected chi connectivity index (χ3v) is 7.18. The standard InChI is InChI=1S/C26H35F2N/c1-2-3-4-5-19-6-8-20(9-7-19)10-11-21-12-14-22(15-13-21)23-16-25(27)24(18-29)26(28)17-23/h10-11,16-17,19-22H,2-9,12-15H2,1H3/b11-10+. The zero-order valence-corrected chi connectivity index (χ0v) is 17.8. The van der Waals surface area contributed by atoms with E-state index in [9.17, 15) is 8.78 Å². The van der Waals surface area contributed by atoms with Crippen LogP contribution < -0.4 is 0 Å². The molecule has 2 aliphatic carbocycles. The van der Waals surface area contributed by atoms with Gasteiger partial charge in [-0.25, -0.2) is 8.78 Å². The first-order valence-corrected chi connectivity index (χ1v) is 11.7. The number of hydrogen-bond donors (Lipinski definition) is 0. The molecule has 0 atom stereocenters. The van der Waals surface area contributed by atoms with Gasteiger partial charge in [0.05, 0.1) is 0 Å². The lowest BCUT2D eigenvalue weighted by Crippen LogP contribution is -2.15. The van der Waals surface area contributed by atoms with Crippen LogP contribution in [0.3, 0.4) is 0 Å². The molecule has 0 unspecified atom stereocenters. The third kappa shape index (κ3) is 6.14. The molecular formula is C26H35F2N. The molecule has 2 aliphatic rings. The number of nitriles is 1. The van der Waals surface area contributed by atoms with Crippen molar-refractivity contribution < 1.29 is 8.78 Å². The van der Waals surface area contributed by atoms with Gasteiger partial charge in [-0.1, -0.05) is 44.8 Å². The molecular weight excluding hydrogens is 364 g/mol. The summed E-state index contributed by atoms with van der Waals surface area (Å²) in [6.07, 6.45) is 20.0. The number of unbranched alkanes of at least 4 members (excludes halogenated alkanes) is 2. The smallest absolute Gasteiger partial charge is 0.144 e. The van der Waals surface area contributed by atoms with Crippen LogP contribution in [-0.4, -0.2) is 0 Å². The van der Waals surface area contributed by atoms with Gasteiger partial charge < -0.3 is 0 Å². The summed E-state index contributed by atoms with van der Waals surface area (Å²) in [5, 5.41) is 8.83. The first-order chi connectivity index (χ1) is 14.1. The first kappa shape index (κ1) is 22.0. The van der Waals surface area contributed by atoms with Crippen molar-refractivity contribution in [1.82, 2.24) is 0 Å². The molecule has 1 nitrogen and oxygen atoms in total. The second kappa shape index (κ2) is 10.9. The van der Waals surface area contributed by atoms with Gasteiger partial charge in [0, 0.05) is 0 Å². The largest absolute Gasteiger partial charge is 0.205 e. The molecule has 2 saturated carbocycles. The Kier molecular flexibility index (Phi) is 8.28. The minimum atomic E-state index is -0.727. The van der Waals surface area contributed by atoms with Crippen LogP contribution in [-0.2, 0) is 0 Å². The summed E-state index contributed by atoms with van der Waals surface area (Å²) in [7, 11) is 0. The van der Waals surface area contributed by atoms with Gasteiger partial charge in [-0.15, -0.1) is 0 Å². The van der Waals surface area contributed by atoms with E-state index in [4.69, 9.17) is 5.26 Å². The van der Waals surface area contributed by atoms with E-state index >= 15 is 0 Å². The van der Waals surface area contributed by atoms with Crippen molar-refractivity contribution in [2.24, 2.45) is 17.8 Å². The van der Waals surface area contributed by atoms with Crippen molar-refractivity contribution in [1.29, 1.82) is 5.26 Å². The van der Waals surface area contributed by atoms with Crippen LogP contribution in [0.15, 0.2) is 24.3 Å². The van der Waals surface area contributed by atoms with Gasteiger partial charge in [0.15, 0.2) is 0 Å². The van der Waals surface area contributed by atoms with E-state index in [1.54, 1.807) is 6.07 Å². The molecule has 29 heavy (non-hydrogen) atoms. The Bertz CT molecular complexity index is 694. The number of benzene rings is 1. The normalized spacial score (nSPS) is 27.8. The van der Waals surface area contributed by atoms with Gasteiger partial charge in [0.2, 0.25) is 0 Å². The molecule has 0 saturated heterocycles. The van der Waals surface area contributed by atoms with Crippen molar-refractivity contribution in [3.05, 3.63) is 47.0 Å². The highest BCUT2D eigenvalue weighted by molar-refractivity contribution is 5.36. The van der Waals surface area contributed by atoms with Crippen LogP contribution in [0.4, 0.5) is 8.78 Å². The van der Waals surface area contributed by atoms with Gasteiger partial charge in [-0.05, 0) is 92.7 Å². The fourth-order valence-corrected chi connectivity index (χ4v) is 5.25. The zero-order chi connectivity index (χ0) is 20.6. The average Bonchev–Trinajstić information content (AvgIpc) is 2.73. The Morgan fingerprint density at radius 3 is 1.97 bits per heavy atom. The van der Waals surface area contributed by atoms with Crippen molar-refractivity contribution in [3.63, 3.8) is 0 Å². The average molecular weight is 400 g/mol. The van der Waals surface area contributed by atoms with Crippen molar-refractivity contribution in [3.8, 4) is 6.07 Å². The molecule has 2 fully saturated rings. The summed E-state index contributed by atoms with van der Waals surface area (Å²) >= 11 is 0. The topological polar surface area (TPSA) is 23.8 Å². The summed E-state index contributed by atoms with van der Waals surface area (Å²) in [5.41, 5.74) is 0.244. The monoisotopic (exact) mass is 399 g/mol. The second-order valence-corrected chi connectivity index (χ2v) is 9.24. The maximum absolute atomic E-state index is 13.9. The molecule has 0 aliphatic heterocycles. The molecule has 1 aromatic carbocycles. The second-order valence-electron chi connectivity index (χ2n) is 9.24. The fourth-order valence-electron chi connectivity index (χ4n) is 5.25. The SMILES string of the molecule is CCCCCC1CCC(/C=C/C2CCC(c3cc(F)c(C#N)c(F)c3)CC2)CC1. The number of rotatable bonds is 7. The third-order valence-electron chi connectivity index (χ3n) is 7.18. The highest BCUT2D eigenvalue weighted by atomic mass is 19.1. The predicted octanol–water partition coefficient (Wildman–Crippen LogP) is 8.05. The number of hydrogen-bond acceptors (Lipinski definition) is 1. The molecule has 0 bridgehead atoms. The lowest BCUT2D eigenvalue weighted by Gasteiger charge is -2.29. The maximum atomic E-state index is 13.9. The van der Waals surface area contributed by atoms with E-state index in [-0.39, 0.29) is 5.92 Å². The van der Waals surface area contributed by atoms with Gasteiger partial charge in [-0.3, -0.25) is 0 Å². The van der Waals surface area contributed by atoms with Crippen LogP contribution in [0.25, 0.3) is 0 Å². The van der Waals surface area contributed by atoms with Crippen molar-refractivity contribution >= 4 is 0 Å². The predicted molar refractivity (Wildman–Crippen MR) is 115 cm³/mol. The molecule has 0 N–H and O–H groups in total. The molecule has 0 amide bonds. The molecule has 3 heteroatoms. The summed E-state index contributed by atoms with van der Waals surface area (Å²) in [5.74, 6) is 1.05. The molecule has 0 heterocycles. The Morgan fingerprint density at radius 2 is 1.45 bits per heavy atom.